The second-order valence-electron chi connectivity index (χ2n) is 7.48. The van der Waals surface area contributed by atoms with Crippen LogP contribution in [0.1, 0.15) is 35.5 Å². The molecule has 0 radical (unpaired) electrons. The van der Waals surface area contributed by atoms with Crippen LogP contribution in [0.3, 0.4) is 0 Å². The number of sulfonamides is 1. The van der Waals surface area contributed by atoms with Gasteiger partial charge in [0.05, 0.1) is 16.6 Å². The van der Waals surface area contributed by atoms with Crippen molar-refractivity contribution in [3.05, 3.63) is 64.5 Å². The van der Waals surface area contributed by atoms with E-state index in [1.165, 1.54) is 24.3 Å². The van der Waals surface area contributed by atoms with Gasteiger partial charge in [-0.25, -0.2) is 26.9 Å². The highest BCUT2D eigenvalue weighted by molar-refractivity contribution is 7.89. The average Bonchev–Trinajstić information content (AvgIpc) is 3.13. The van der Waals surface area contributed by atoms with E-state index in [2.05, 4.69) is 15.0 Å². The van der Waals surface area contributed by atoms with E-state index in [9.17, 15) is 22.0 Å². The molecule has 0 amide bonds. The van der Waals surface area contributed by atoms with E-state index >= 15 is 0 Å². The highest BCUT2D eigenvalue weighted by atomic mass is 32.2. The molecule has 2 aromatic carbocycles. The Balaban J connectivity index is 1.66. The van der Waals surface area contributed by atoms with Gasteiger partial charge in [-0.3, -0.25) is 4.79 Å². The van der Waals surface area contributed by atoms with Crippen molar-refractivity contribution in [3.8, 4) is 0 Å². The van der Waals surface area contributed by atoms with E-state index < -0.39 is 33.0 Å². The van der Waals surface area contributed by atoms with E-state index in [4.69, 9.17) is 10.5 Å². The van der Waals surface area contributed by atoms with Crippen LogP contribution in [-0.4, -0.2) is 38.4 Å². The Morgan fingerprint density at radius 1 is 1.15 bits per heavy atom. The van der Waals surface area contributed by atoms with E-state index in [0.717, 1.165) is 29.5 Å². The molecule has 1 heterocycles. The van der Waals surface area contributed by atoms with Crippen LogP contribution in [0.5, 0.6) is 0 Å². The summed E-state index contributed by atoms with van der Waals surface area (Å²) in [4.78, 5) is 16.6. The standard InChI is InChI=1S/C22H24F2N4O4S2/c1-13(2)32-12-4-11-26-34(30,31)15-9-7-14(8-10-15)27-22-28-21(25)20(33-22)19(29)18-16(23)5-3-6-17(18)24/h3,5-10,13,26H,4,11-12,25H2,1-2H3,(H,27,28). The van der Waals surface area contributed by atoms with Crippen molar-refractivity contribution in [2.45, 2.75) is 31.3 Å². The predicted octanol–water partition coefficient (Wildman–Crippen LogP) is 4.07. The molecule has 0 aliphatic heterocycles. The maximum atomic E-state index is 14.0. The molecule has 34 heavy (non-hydrogen) atoms. The molecule has 0 unspecified atom stereocenters. The lowest BCUT2D eigenvalue weighted by atomic mass is 10.1. The van der Waals surface area contributed by atoms with Gasteiger partial charge in [0.1, 0.15) is 22.3 Å². The minimum atomic E-state index is -3.69. The van der Waals surface area contributed by atoms with Crippen LogP contribution >= 0.6 is 11.3 Å². The van der Waals surface area contributed by atoms with Gasteiger partial charge >= 0.3 is 0 Å². The van der Waals surface area contributed by atoms with Crippen LogP contribution < -0.4 is 15.8 Å². The third-order valence-corrected chi connectivity index (χ3v) is 6.99. The van der Waals surface area contributed by atoms with Crippen molar-refractivity contribution in [1.82, 2.24) is 9.71 Å². The maximum absolute atomic E-state index is 14.0. The van der Waals surface area contributed by atoms with Gasteiger partial charge in [-0.1, -0.05) is 17.4 Å². The lowest BCUT2D eigenvalue weighted by Gasteiger charge is -2.09. The van der Waals surface area contributed by atoms with Crippen molar-refractivity contribution in [1.29, 1.82) is 0 Å². The summed E-state index contributed by atoms with van der Waals surface area (Å²) >= 11 is 0.830. The van der Waals surface area contributed by atoms with Crippen LogP contribution in [0.15, 0.2) is 47.4 Å². The van der Waals surface area contributed by atoms with Crippen molar-refractivity contribution in [2.75, 3.05) is 24.2 Å². The fraction of sp³-hybridized carbons (Fsp3) is 0.273. The monoisotopic (exact) mass is 510 g/mol. The van der Waals surface area contributed by atoms with Crippen LogP contribution in [0.2, 0.25) is 0 Å². The fourth-order valence-corrected chi connectivity index (χ4v) is 4.82. The Kier molecular flexibility index (Phi) is 8.31. The van der Waals surface area contributed by atoms with Gasteiger partial charge in [0.15, 0.2) is 5.13 Å². The molecule has 0 bridgehead atoms. The fourth-order valence-electron chi connectivity index (χ4n) is 2.90. The zero-order valence-corrected chi connectivity index (χ0v) is 20.1. The number of nitrogens with zero attached hydrogens (tertiary/aromatic N) is 1. The number of nitrogen functional groups attached to an aromatic ring is 1. The first kappa shape index (κ1) is 25.7. The zero-order chi connectivity index (χ0) is 24.9. The van der Waals surface area contributed by atoms with Crippen molar-refractivity contribution >= 4 is 43.8 Å². The van der Waals surface area contributed by atoms with Gasteiger partial charge in [0, 0.05) is 18.8 Å². The Morgan fingerprint density at radius 3 is 2.41 bits per heavy atom. The Hall–Kier alpha value is -2.93. The number of nitrogens with one attached hydrogen (secondary N) is 2. The topological polar surface area (TPSA) is 123 Å². The highest BCUT2D eigenvalue weighted by Gasteiger charge is 2.24. The molecule has 0 atom stereocenters. The number of ketones is 1. The first-order valence-electron chi connectivity index (χ1n) is 10.3. The van der Waals surface area contributed by atoms with Crippen molar-refractivity contribution in [2.24, 2.45) is 0 Å². The number of carbonyl (C=O) groups excluding carboxylic acids is 1. The molecule has 3 aromatic rings. The summed E-state index contributed by atoms with van der Waals surface area (Å²) < 4.78 is 60.6. The second-order valence-corrected chi connectivity index (χ2v) is 10.2. The van der Waals surface area contributed by atoms with Gasteiger partial charge in [-0.05, 0) is 56.7 Å². The van der Waals surface area contributed by atoms with Gasteiger partial charge in [0.2, 0.25) is 15.8 Å². The number of benzene rings is 2. The first-order chi connectivity index (χ1) is 16.1. The van der Waals surface area contributed by atoms with Crippen LogP contribution in [0.25, 0.3) is 0 Å². The molecule has 12 heteroatoms. The molecule has 3 rings (SSSR count). The molecular formula is C22H24F2N4O4S2. The van der Waals surface area contributed by atoms with Gasteiger partial charge in [-0.2, -0.15) is 0 Å². The third-order valence-electron chi connectivity index (χ3n) is 4.53. The summed E-state index contributed by atoms with van der Waals surface area (Å²) in [6.45, 7) is 4.50. The number of rotatable bonds is 11. The number of hydrogen-bond donors (Lipinski definition) is 3. The number of hydrogen-bond acceptors (Lipinski definition) is 8. The minimum Gasteiger partial charge on any atom is -0.382 e. The molecule has 0 saturated heterocycles. The van der Waals surface area contributed by atoms with E-state index in [1.807, 2.05) is 13.8 Å². The summed E-state index contributed by atoms with van der Waals surface area (Å²) in [6, 6.07) is 8.98. The SMILES string of the molecule is CC(C)OCCCNS(=O)(=O)c1ccc(Nc2nc(N)c(C(=O)c3c(F)cccc3F)s2)cc1. The summed E-state index contributed by atoms with van der Waals surface area (Å²) in [5, 5.41) is 3.11. The van der Waals surface area contributed by atoms with Gasteiger partial charge < -0.3 is 15.8 Å². The number of carbonyl (C=O) groups is 1. The van der Waals surface area contributed by atoms with Crippen molar-refractivity contribution < 1.29 is 26.7 Å². The number of halogens is 2. The molecule has 182 valence electrons. The molecule has 0 fully saturated rings. The lowest BCUT2D eigenvalue weighted by Crippen LogP contribution is -2.25. The molecule has 8 nitrogen and oxygen atoms in total. The molecule has 1 aromatic heterocycles. The lowest BCUT2D eigenvalue weighted by molar-refractivity contribution is 0.0778. The first-order valence-corrected chi connectivity index (χ1v) is 12.6. The molecule has 0 aliphatic carbocycles. The number of ether oxygens (including phenoxy) is 1. The van der Waals surface area contributed by atoms with Gasteiger partial charge in [-0.15, -0.1) is 0 Å². The molecule has 0 spiro atoms. The van der Waals surface area contributed by atoms with E-state index in [0.29, 0.717) is 18.7 Å². The Morgan fingerprint density at radius 2 is 1.79 bits per heavy atom. The summed E-state index contributed by atoms with van der Waals surface area (Å²) in [7, 11) is -3.69. The molecule has 4 N–H and O–H groups in total. The molecular weight excluding hydrogens is 486 g/mol. The summed E-state index contributed by atoms with van der Waals surface area (Å²) in [6.07, 6.45) is 0.625. The zero-order valence-electron chi connectivity index (χ0n) is 18.5. The average molecular weight is 511 g/mol. The predicted molar refractivity (Wildman–Crippen MR) is 127 cm³/mol. The molecule has 0 aliphatic rings. The van der Waals surface area contributed by atoms with Crippen LogP contribution in [0, 0.1) is 11.6 Å². The third kappa shape index (κ3) is 6.35. The second kappa shape index (κ2) is 11.0. The smallest absolute Gasteiger partial charge is 0.240 e. The summed E-state index contributed by atoms with van der Waals surface area (Å²) in [5.74, 6) is -3.08. The van der Waals surface area contributed by atoms with Crippen LogP contribution in [0.4, 0.5) is 25.4 Å². The highest BCUT2D eigenvalue weighted by Crippen LogP contribution is 2.31. The number of aromatic nitrogens is 1. The van der Waals surface area contributed by atoms with E-state index in [1.54, 1.807) is 0 Å². The van der Waals surface area contributed by atoms with E-state index in [-0.39, 0.29) is 33.4 Å². The Labute approximate surface area is 200 Å². The summed E-state index contributed by atoms with van der Waals surface area (Å²) in [5.41, 5.74) is 5.57. The van der Waals surface area contributed by atoms with Gasteiger partial charge in [0.25, 0.3) is 0 Å². The normalized spacial score (nSPS) is 11.7. The quantitative estimate of drug-likeness (QED) is 0.262. The maximum Gasteiger partial charge on any atom is 0.240 e. The van der Waals surface area contributed by atoms with Crippen molar-refractivity contribution in [3.63, 3.8) is 0 Å². The van der Waals surface area contributed by atoms with Crippen LogP contribution in [-0.2, 0) is 14.8 Å². The number of thiazole rings is 1. The molecule has 0 saturated carbocycles. The Bertz CT molecular complexity index is 1240. The largest absolute Gasteiger partial charge is 0.382 e. The number of nitrogens with two attached hydrogens (primary N) is 1. The number of anilines is 3. The minimum absolute atomic E-state index is 0.0763.